The molecule has 0 spiro atoms. The van der Waals surface area contributed by atoms with Gasteiger partial charge in [-0.15, -0.1) is 0 Å². The van der Waals surface area contributed by atoms with Gasteiger partial charge in [-0.1, -0.05) is 6.42 Å². The summed E-state index contributed by atoms with van der Waals surface area (Å²) in [6.07, 6.45) is 3.73. The van der Waals surface area contributed by atoms with Crippen LogP contribution in [0.2, 0.25) is 0 Å². The lowest BCUT2D eigenvalue weighted by Crippen LogP contribution is -2.38. The Hall–Kier alpha value is -1.43. The zero-order valence-corrected chi connectivity index (χ0v) is 12.0. The number of aromatic nitrogens is 1. The van der Waals surface area contributed by atoms with Gasteiger partial charge in [0, 0.05) is 25.7 Å². The largest absolute Gasteiger partial charge is 0.371 e. The maximum absolute atomic E-state index is 13.7. The highest BCUT2D eigenvalue weighted by atomic mass is 19.1. The number of hydrogen-bond acceptors (Lipinski definition) is 4. The van der Waals surface area contributed by atoms with Crippen LogP contribution < -0.4 is 10.6 Å². The molecule has 1 fully saturated rings. The Morgan fingerprint density at radius 3 is 2.50 bits per heavy atom. The van der Waals surface area contributed by atoms with Crippen molar-refractivity contribution < 1.29 is 8.78 Å². The molecule has 1 aromatic rings. The monoisotopic (exact) mass is 284 g/mol. The van der Waals surface area contributed by atoms with E-state index in [1.165, 1.54) is 19.3 Å². The second-order valence-corrected chi connectivity index (χ2v) is 5.31. The summed E-state index contributed by atoms with van der Waals surface area (Å²) >= 11 is 0. The molecule has 0 aliphatic carbocycles. The molecule has 1 aliphatic rings. The normalized spacial score (nSPS) is 17.8. The van der Waals surface area contributed by atoms with Crippen LogP contribution >= 0.6 is 0 Å². The van der Waals surface area contributed by atoms with E-state index in [0.717, 1.165) is 25.7 Å². The number of hydrogen-bond donors (Lipinski definition) is 2. The van der Waals surface area contributed by atoms with Gasteiger partial charge in [-0.25, -0.2) is 13.8 Å². The summed E-state index contributed by atoms with van der Waals surface area (Å²) in [6, 6.07) is 0.916. The van der Waals surface area contributed by atoms with Gasteiger partial charge in [0.2, 0.25) is 0 Å². The third-order valence-corrected chi connectivity index (χ3v) is 3.53. The van der Waals surface area contributed by atoms with E-state index in [0.29, 0.717) is 0 Å². The highest BCUT2D eigenvalue weighted by Gasteiger charge is 2.16. The first-order valence-electron chi connectivity index (χ1n) is 7.13. The third kappa shape index (κ3) is 3.79. The minimum absolute atomic E-state index is 0.0547. The molecule has 1 aliphatic heterocycles. The predicted octanol–water partition coefficient (Wildman–Crippen LogP) is 2.69. The van der Waals surface area contributed by atoms with Gasteiger partial charge in [0.25, 0.3) is 0 Å². The molecule has 0 amide bonds. The molecule has 2 N–H and O–H groups in total. The molecular formula is C14H22F2N4. The summed E-state index contributed by atoms with van der Waals surface area (Å²) in [5.74, 6) is -1.19. The van der Waals surface area contributed by atoms with Crippen LogP contribution in [0.15, 0.2) is 6.07 Å². The molecule has 2 heterocycles. The third-order valence-electron chi connectivity index (χ3n) is 3.53. The number of piperidine rings is 1. The summed E-state index contributed by atoms with van der Waals surface area (Å²) in [6.45, 7) is 5.01. The van der Waals surface area contributed by atoms with Gasteiger partial charge >= 0.3 is 0 Å². The molecule has 1 saturated heterocycles. The van der Waals surface area contributed by atoms with E-state index in [4.69, 9.17) is 0 Å². The van der Waals surface area contributed by atoms with E-state index in [-0.39, 0.29) is 17.7 Å². The Morgan fingerprint density at radius 1 is 1.20 bits per heavy atom. The van der Waals surface area contributed by atoms with Crippen LogP contribution in [-0.4, -0.2) is 42.6 Å². The predicted molar refractivity (Wildman–Crippen MR) is 77.1 cm³/mol. The van der Waals surface area contributed by atoms with E-state index >= 15 is 0 Å². The van der Waals surface area contributed by atoms with E-state index in [2.05, 4.69) is 20.5 Å². The van der Waals surface area contributed by atoms with Crippen molar-refractivity contribution in [1.82, 2.24) is 9.88 Å². The molecule has 2 rings (SSSR count). The molecular weight excluding hydrogens is 262 g/mol. The topological polar surface area (TPSA) is 40.2 Å². The molecule has 0 saturated carbocycles. The van der Waals surface area contributed by atoms with Gasteiger partial charge in [0.1, 0.15) is 0 Å². The van der Waals surface area contributed by atoms with Crippen LogP contribution in [-0.2, 0) is 0 Å². The number of nitrogens with zero attached hydrogens (tertiary/aromatic N) is 2. The molecule has 0 aromatic carbocycles. The quantitative estimate of drug-likeness (QED) is 0.872. The summed E-state index contributed by atoms with van der Waals surface area (Å²) < 4.78 is 27.0. The summed E-state index contributed by atoms with van der Waals surface area (Å²) in [5.41, 5.74) is 0. The lowest BCUT2D eigenvalue weighted by atomic mass is 10.1. The van der Waals surface area contributed by atoms with Crippen molar-refractivity contribution in [2.75, 3.05) is 37.3 Å². The van der Waals surface area contributed by atoms with Gasteiger partial charge in [-0.05, 0) is 32.9 Å². The van der Waals surface area contributed by atoms with E-state index in [1.807, 2.05) is 6.92 Å². The average molecular weight is 284 g/mol. The number of pyridine rings is 1. The Labute approximate surface area is 118 Å². The van der Waals surface area contributed by atoms with Gasteiger partial charge in [0.05, 0.1) is 0 Å². The van der Waals surface area contributed by atoms with Crippen molar-refractivity contribution in [3.63, 3.8) is 0 Å². The molecule has 1 unspecified atom stereocenters. The van der Waals surface area contributed by atoms with E-state index in [9.17, 15) is 8.78 Å². The standard InChI is InChI=1S/C14H22F2N4/c1-10(9-20-6-4-3-5-7-20)18-14-12(16)8-11(15)13(17-2)19-14/h8,10H,3-7,9H2,1-2H3,(H2,17,18,19). The van der Waals surface area contributed by atoms with Gasteiger partial charge in [-0.2, -0.15) is 0 Å². The lowest BCUT2D eigenvalue weighted by Gasteiger charge is -2.29. The zero-order valence-electron chi connectivity index (χ0n) is 12.0. The molecule has 112 valence electrons. The molecule has 0 radical (unpaired) electrons. The molecule has 0 bridgehead atoms. The van der Waals surface area contributed by atoms with Crippen molar-refractivity contribution >= 4 is 11.6 Å². The smallest absolute Gasteiger partial charge is 0.168 e. The SMILES string of the molecule is CNc1nc(NC(C)CN2CCCCC2)c(F)cc1F. The minimum Gasteiger partial charge on any atom is -0.371 e. The maximum Gasteiger partial charge on any atom is 0.168 e. The van der Waals surface area contributed by atoms with Crippen molar-refractivity contribution in [2.24, 2.45) is 0 Å². The van der Waals surface area contributed by atoms with Crippen LogP contribution in [0.5, 0.6) is 0 Å². The minimum atomic E-state index is -0.681. The Morgan fingerprint density at radius 2 is 1.85 bits per heavy atom. The van der Waals surface area contributed by atoms with Crippen molar-refractivity contribution in [3.05, 3.63) is 17.7 Å². The summed E-state index contributed by atoms with van der Waals surface area (Å²) in [7, 11) is 1.56. The van der Waals surface area contributed by atoms with Crippen LogP contribution in [0.4, 0.5) is 20.4 Å². The van der Waals surface area contributed by atoms with Gasteiger partial charge in [-0.3, -0.25) is 0 Å². The number of rotatable bonds is 5. The Balaban J connectivity index is 1.97. The molecule has 6 heteroatoms. The van der Waals surface area contributed by atoms with Crippen molar-refractivity contribution in [1.29, 1.82) is 0 Å². The first-order valence-corrected chi connectivity index (χ1v) is 7.13. The fourth-order valence-electron chi connectivity index (χ4n) is 2.55. The van der Waals surface area contributed by atoms with Gasteiger partial charge in [0.15, 0.2) is 23.3 Å². The summed E-state index contributed by atoms with van der Waals surface area (Å²) in [5, 5.41) is 5.64. The van der Waals surface area contributed by atoms with Crippen LogP contribution in [0.3, 0.4) is 0 Å². The van der Waals surface area contributed by atoms with Crippen LogP contribution in [0.1, 0.15) is 26.2 Å². The fraction of sp³-hybridized carbons (Fsp3) is 0.643. The van der Waals surface area contributed by atoms with Crippen LogP contribution in [0.25, 0.3) is 0 Å². The molecule has 4 nitrogen and oxygen atoms in total. The number of likely N-dealkylation sites (tertiary alicyclic amines) is 1. The second-order valence-electron chi connectivity index (χ2n) is 5.31. The number of anilines is 2. The molecule has 1 aromatic heterocycles. The molecule has 1 atom stereocenters. The first-order chi connectivity index (χ1) is 9.60. The van der Waals surface area contributed by atoms with Crippen molar-refractivity contribution in [2.45, 2.75) is 32.2 Å². The van der Waals surface area contributed by atoms with E-state index < -0.39 is 11.6 Å². The summed E-state index contributed by atoms with van der Waals surface area (Å²) in [4.78, 5) is 6.30. The van der Waals surface area contributed by atoms with Gasteiger partial charge < -0.3 is 15.5 Å². The zero-order chi connectivity index (χ0) is 14.5. The first kappa shape index (κ1) is 15.0. The molecule has 20 heavy (non-hydrogen) atoms. The van der Waals surface area contributed by atoms with E-state index in [1.54, 1.807) is 7.05 Å². The highest BCUT2D eigenvalue weighted by molar-refractivity contribution is 5.47. The average Bonchev–Trinajstić information content (AvgIpc) is 2.43. The number of nitrogens with one attached hydrogen (secondary N) is 2. The lowest BCUT2D eigenvalue weighted by molar-refractivity contribution is 0.223. The fourth-order valence-corrected chi connectivity index (χ4v) is 2.55. The number of halogens is 2. The second kappa shape index (κ2) is 6.83. The van der Waals surface area contributed by atoms with Crippen molar-refractivity contribution in [3.8, 4) is 0 Å². The Bertz CT molecular complexity index is 447. The van der Waals surface area contributed by atoms with Crippen LogP contribution in [0, 0.1) is 11.6 Å². The highest BCUT2D eigenvalue weighted by Crippen LogP contribution is 2.19. The Kier molecular flexibility index (Phi) is 5.11. The maximum atomic E-state index is 13.7.